The highest BCUT2D eigenvalue weighted by molar-refractivity contribution is 9.10. The smallest absolute Gasteiger partial charge is 0.271 e. The SMILES string of the molecule is C/C(=N\NC(=O)c1cccc(Br)c1)c1cccc(NC(=O)c2ccccc2F)c1. The number of hydrazone groups is 1. The van der Waals surface area contributed by atoms with E-state index in [1.54, 1.807) is 55.5 Å². The molecule has 0 unspecified atom stereocenters. The number of hydrogen-bond acceptors (Lipinski definition) is 3. The van der Waals surface area contributed by atoms with E-state index in [0.29, 0.717) is 22.5 Å². The van der Waals surface area contributed by atoms with Crippen molar-refractivity contribution >= 4 is 39.1 Å². The number of rotatable bonds is 5. The van der Waals surface area contributed by atoms with Crippen molar-refractivity contribution < 1.29 is 14.0 Å². The summed E-state index contributed by atoms with van der Waals surface area (Å²) in [6.45, 7) is 1.74. The van der Waals surface area contributed by atoms with Crippen molar-refractivity contribution in [3.8, 4) is 0 Å². The Kier molecular flexibility index (Phi) is 6.51. The Bertz CT molecular complexity index is 1100. The summed E-state index contributed by atoms with van der Waals surface area (Å²) in [7, 11) is 0. The van der Waals surface area contributed by atoms with Crippen LogP contribution < -0.4 is 10.7 Å². The van der Waals surface area contributed by atoms with Crippen LogP contribution in [0.4, 0.5) is 10.1 Å². The highest BCUT2D eigenvalue weighted by Gasteiger charge is 2.11. The van der Waals surface area contributed by atoms with Gasteiger partial charge < -0.3 is 5.32 Å². The molecule has 0 saturated carbocycles. The van der Waals surface area contributed by atoms with Gasteiger partial charge in [0.05, 0.1) is 11.3 Å². The van der Waals surface area contributed by atoms with E-state index in [9.17, 15) is 14.0 Å². The van der Waals surface area contributed by atoms with Gasteiger partial charge in [-0.2, -0.15) is 5.10 Å². The fourth-order valence-electron chi connectivity index (χ4n) is 2.56. The Labute approximate surface area is 175 Å². The second kappa shape index (κ2) is 9.25. The summed E-state index contributed by atoms with van der Waals surface area (Å²) >= 11 is 3.32. The molecule has 5 nitrogen and oxygen atoms in total. The van der Waals surface area contributed by atoms with Gasteiger partial charge in [-0.1, -0.05) is 46.3 Å². The van der Waals surface area contributed by atoms with Gasteiger partial charge in [0.1, 0.15) is 5.82 Å². The number of carbonyl (C=O) groups is 2. The Morgan fingerprint density at radius 1 is 0.897 bits per heavy atom. The van der Waals surface area contributed by atoms with E-state index in [1.165, 1.54) is 18.2 Å². The van der Waals surface area contributed by atoms with Crippen molar-refractivity contribution in [3.63, 3.8) is 0 Å². The molecule has 29 heavy (non-hydrogen) atoms. The molecule has 0 bridgehead atoms. The Hall–Kier alpha value is -3.32. The van der Waals surface area contributed by atoms with E-state index in [-0.39, 0.29) is 11.5 Å². The van der Waals surface area contributed by atoms with Crippen molar-refractivity contribution in [1.29, 1.82) is 0 Å². The highest BCUT2D eigenvalue weighted by atomic mass is 79.9. The van der Waals surface area contributed by atoms with Crippen LogP contribution in [0.1, 0.15) is 33.2 Å². The van der Waals surface area contributed by atoms with Crippen molar-refractivity contribution in [2.24, 2.45) is 5.10 Å². The molecular formula is C22H17BrFN3O2. The number of nitrogens with one attached hydrogen (secondary N) is 2. The van der Waals surface area contributed by atoms with Gasteiger partial charge in [-0.25, -0.2) is 9.82 Å². The van der Waals surface area contributed by atoms with Gasteiger partial charge >= 0.3 is 0 Å². The molecule has 0 radical (unpaired) electrons. The molecule has 146 valence electrons. The molecule has 7 heteroatoms. The van der Waals surface area contributed by atoms with Gasteiger partial charge in [-0.05, 0) is 55.0 Å². The van der Waals surface area contributed by atoms with E-state index < -0.39 is 11.7 Å². The first-order valence-electron chi connectivity index (χ1n) is 8.70. The summed E-state index contributed by atoms with van der Waals surface area (Å²) in [5.74, 6) is -1.47. The van der Waals surface area contributed by atoms with Crippen LogP contribution >= 0.6 is 15.9 Å². The first-order valence-corrected chi connectivity index (χ1v) is 9.50. The third-order valence-corrected chi connectivity index (χ3v) is 4.56. The van der Waals surface area contributed by atoms with Crippen LogP contribution in [0, 0.1) is 5.82 Å². The average Bonchev–Trinajstić information content (AvgIpc) is 2.72. The third kappa shape index (κ3) is 5.36. The lowest BCUT2D eigenvalue weighted by Gasteiger charge is -2.08. The molecule has 0 aliphatic heterocycles. The maximum absolute atomic E-state index is 13.8. The predicted octanol–water partition coefficient (Wildman–Crippen LogP) is 4.99. The van der Waals surface area contributed by atoms with Gasteiger partial charge in [0, 0.05) is 15.7 Å². The van der Waals surface area contributed by atoms with E-state index in [2.05, 4.69) is 31.8 Å². The lowest BCUT2D eigenvalue weighted by molar-refractivity contribution is 0.0953. The number of anilines is 1. The van der Waals surface area contributed by atoms with E-state index in [1.807, 2.05) is 6.07 Å². The number of halogens is 2. The second-order valence-corrected chi connectivity index (χ2v) is 7.08. The fourth-order valence-corrected chi connectivity index (χ4v) is 2.96. The van der Waals surface area contributed by atoms with Gasteiger partial charge in [0.25, 0.3) is 11.8 Å². The topological polar surface area (TPSA) is 70.6 Å². The molecule has 3 aromatic rings. The van der Waals surface area contributed by atoms with E-state index in [4.69, 9.17) is 0 Å². The molecular weight excluding hydrogens is 437 g/mol. The molecule has 2 amide bonds. The molecule has 0 aliphatic rings. The molecule has 3 aromatic carbocycles. The van der Waals surface area contributed by atoms with Gasteiger partial charge in [-0.15, -0.1) is 0 Å². The van der Waals surface area contributed by atoms with Crippen molar-refractivity contribution in [2.45, 2.75) is 6.92 Å². The monoisotopic (exact) mass is 453 g/mol. The minimum atomic E-state index is -0.589. The molecule has 2 N–H and O–H groups in total. The highest BCUT2D eigenvalue weighted by Crippen LogP contribution is 2.15. The average molecular weight is 454 g/mol. The molecule has 0 heterocycles. The van der Waals surface area contributed by atoms with Crippen molar-refractivity contribution in [3.05, 3.63) is 99.8 Å². The summed E-state index contributed by atoms with van der Waals surface area (Å²) in [6, 6.07) is 19.7. The molecule has 0 atom stereocenters. The zero-order valence-corrected chi connectivity index (χ0v) is 17.0. The molecule has 0 spiro atoms. The second-order valence-electron chi connectivity index (χ2n) is 6.16. The maximum Gasteiger partial charge on any atom is 0.271 e. The number of nitrogens with zero attached hydrogens (tertiary/aromatic N) is 1. The maximum atomic E-state index is 13.8. The van der Waals surface area contributed by atoms with Gasteiger partial charge in [-0.3, -0.25) is 9.59 Å². The van der Waals surface area contributed by atoms with Crippen LogP contribution in [-0.4, -0.2) is 17.5 Å². The largest absolute Gasteiger partial charge is 0.322 e. The van der Waals surface area contributed by atoms with Crippen LogP contribution in [0.3, 0.4) is 0 Å². The molecule has 3 rings (SSSR count). The standard InChI is InChI=1S/C22H17BrFN3O2/c1-14(26-27-21(28)16-7-4-8-17(23)12-16)15-6-5-9-18(13-15)25-22(29)19-10-2-3-11-20(19)24/h2-13H,1H3,(H,25,29)(H,27,28)/b26-14+. The van der Waals surface area contributed by atoms with Gasteiger partial charge in [0.15, 0.2) is 0 Å². The quantitative estimate of drug-likeness (QED) is 0.421. The van der Waals surface area contributed by atoms with Crippen LogP contribution in [0.15, 0.2) is 82.4 Å². The first-order chi connectivity index (χ1) is 13.9. The van der Waals surface area contributed by atoms with Crippen molar-refractivity contribution in [1.82, 2.24) is 5.43 Å². The third-order valence-electron chi connectivity index (χ3n) is 4.07. The normalized spacial score (nSPS) is 11.1. The van der Waals surface area contributed by atoms with Gasteiger partial charge in [0.2, 0.25) is 0 Å². The number of benzene rings is 3. The zero-order valence-electron chi connectivity index (χ0n) is 15.4. The fraction of sp³-hybridized carbons (Fsp3) is 0.0455. The molecule has 0 fully saturated rings. The van der Waals surface area contributed by atoms with Crippen LogP contribution in [0.5, 0.6) is 0 Å². The lowest BCUT2D eigenvalue weighted by atomic mass is 10.1. The minimum Gasteiger partial charge on any atom is -0.322 e. The lowest BCUT2D eigenvalue weighted by Crippen LogP contribution is -2.19. The first kappa shape index (κ1) is 20.4. The summed E-state index contributed by atoms with van der Waals surface area (Å²) in [5, 5.41) is 6.79. The summed E-state index contributed by atoms with van der Waals surface area (Å²) in [6.07, 6.45) is 0. The molecule has 0 aromatic heterocycles. The summed E-state index contributed by atoms with van der Waals surface area (Å²) in [4.78, 5) is 24.5. The van der Waals surface area contributed by atoms with E-state index >= 15 is 0 Å². The van der Waals surface area contributed by atoms with Crippen molar-refractivity contribution in [2.75, 3.05) is 5.32 Å². The Balaban J connectivity index is 1.71. The Morgan fingerprint density at radius 3 is 2.38 bits per heavy atom. The Morgan fingerprint density at radius 2 is 1.62 bits per heavy atom. The molecule has 0 aliphatic carbocycles. The number of hydrogen-bond donors (Lipinski definition) is 2. The number of amides is 2. The van der Waals surface area contributed by atoms with E-state index in [0.717, 1.165) is 4.47 Å². The van der Waals surface area contributed by atoms with Crippen LogP contribution in [-0.2, 0) is 0 Å². The van der Waals surface area contributed by atoms with Crippen LogP contribution in [0.25, 0.3) is 0 Å². The predicted molar refractivity (Wildman–Crippen MR) is 115 cm³/mol. The molecule has 0 saturated heterocycles. The summed E-state index contributed by atoms with van der Waals surface area (Å²) in [5.41, 5.74) is 4.69. The number of carbonyl (C=O) groups excluding carboxylic acids is 2. The summed E-state index contributed by atoms with van der Waals surface area (Å²) < 4.78 is 14.6. The zero-order chi connectivity index (χ0) is 20.8. The minimum absolute atomic E-state index is 0.0374. The van der Waals surface area contributed by atoms with Crippen LogP contribution in [0.2, 0.25) is 0 Å².